The van der Waals surface area contributed by atoms with Gasteiger partial charge in [0.15, 0.2) is 6.10 Å². The van der Waals surface area contributed by atoms with Crippen LogP contribution in [0.1, 0.15) is 35.3 Å². The van der Waals surface area contributed by atoms with Gasteiger partial charge in [-0.15, -0.1) is 0 Å². The summed E-state index contributed by atoms with van der Waals surface area (Å²) in [7, 11) is 0. The molecule has 0 aliphatic heterocycles. The maximum absolute atomic E-state index is 12.3. The Balaban J connectivity index is 1.95. The molecular weight excluding hydrogens is 332 g/mol. The highest BCUT2D eigenvalue weighted by molar-refractivity contribution is 5.98. The molecule has 2 amide bonds. The van der Waals surface area contributed by atoms with E-state index in [0.29, 0.717) is 23.7 Å². The quantitative estimate of drug-likeness (QED) is 0.780. The third-order valence-electron chi connectivity index (χ3n) is 3.96. The van der Waals surface area contributed by atoms with E-state index in [1.54, 1.807) is 31.2 Å². The second-order valence-electron chi connectivity index (χ2n) is 5.83. The van der Waals surface area contributed by atoms with Crippen molar-refractivity contribution < 1.29 is 19.1 Å². The Labute approximate surface area is 153 Å². The average Bonchev–Trinajstić information content (AvgIpc) is 2.64. The Hall–Kier alpha value is -3.02. The molecule has 6 nitrogen and oxygen atoms in total. The van der Waals surface area contributed by atoms with Gasteiger partial charge >= 0.3 is 0 Å². The lowest BCUT2D eigenvalue weighted by Gasteiger charge is -2.17. The van der Waals surface area contributed by atoms with Gasteiger partial charge in [0.2, 0.25) is 0 Å². The molecule has 0 fully saturated rings. The molecule has 1 unspecified atom stereocenters. The van der Waals surface area contributed by atoms with Gasteiger partial charge in [0.25, 0.3) is 11.8 Å². The van der Waals surface area contributed by atoms with Crippen LogP contribution in [0.25, 0.3) is 0 Å². The molecule has 0 saturated carbocycles. The van der Waals surface area contributed by atoms with Crippen molar-refractivity contribution in [2.75, 3.05) is 6.61 Å². The van der Waals surface area contributed by atoms with Crippen molar-refractivity contribution in [3.05, 3.63) is 59.2 Å². The first-order chi connectivity index (χ1) is 12.4. The summed E-state index contributed by atoms with van der Waals surface area (Å²) in [6.07, 6.45) is -0.766. The van der Waals surface area contributed by atoms with Gasteiger partial charge in [-0.25, -0.2) is 0 Å². The van der Waals surface area contributed by atoms with E-state index >= 15 is 0 Å². The Kier molecular flexibility index (Phi) is 6.60. The Morgan fingerprint density at radius 3 is 2.42 bits per heavy atom. The molecule has 2 aromatic rings. The Bertz CT molecular complexity index is 789. The number of aryl methyl sites for hydroxylation is 1. The predicted octanol–water partition coefficient (Wildman–Crippen LogP) is 2.93. The zero-order valence-corrected chi connectivity index (χ0v) is 15.5. The van der Waals surface area contributed by atoms with Gasteiger partial charge in [0.05, 0.1) is 12.2 Å². The maximum Gasteiger partial charge on any atom is 0.279 e. The zero-order chi connectivity index (χ0) is 19.1. The fourth-order valence-electron chi connectivity index (χ4n) is 2.32. The van der Waals surface area contributed by atoms with Crippen LogP contribution in [0.5, 0.6) is 11.5 Å². The Morgan fingerprint density at radius 1 is 1.00 bits per heavy atom. The molecule has 0 heterocycles. The molecule has 0 spiro atoms. The molecule has 2 rings (SSSR count). The molecule has 2 aromatic carbocycles. The molecule has 1 atom stereocenters. The van der Waals surface area contributed by atoms with E-state index in [9.17, 15) is 9.59 Å². The molecule has 0 aliphatic rings. The van der Waals surface area contributed by atoms with Gasteiger partial charge in [-0.1, -0.05) is 24.3 Å². The van der Waals surface area contributed by atoms with Crippen molar-refractivity contribution in [2.24, 2.45) is 0 Å². The smallest absolute Gasteiger partial charge is 0.279 e. The van der Waals surface area contributed by atoms with Crippen LogP contribution in [0.4, 0.5) is 0 Å². The number of nitrogens with one attached hydrogen (secondary N) is 2. The van der Waals surface area contributed by atoms with Crippen molar-refractivity contribution in [2.45, 2.75) is 33.8 Å². The van der Waals surface area contributed by atoms with E-state index < -0.39 is 17.9 Å². The number of para-hydroxylation sites is 1. The molecular formula is C20H24N2O4. The number of amides is 2. The topological polar surface area (TPSA) is 76.7 Å². The summed E-state index contributed by atoms with van der Waals surface area (Å²) in [5.41, 5.74) is 7.18. The highest BCUT2D eigenvalue weighted by atomic mass is 16.5. The number of hydrogen-bond acceptors (Lipinski definition) is 4. The van der Waals surface area contributed by atoms with Crippen molar-refractivity contribution in [1.82, 2.24) is 10.9 Å². The van der Waals surface area contributed by atoms with E-state index in [1.165, 1.54) is 0 Å². The van der Waals surface area contributed by atoms with Crippen LogP contribution < -0.4 is 20.3 Å². The van der Waals surface area contributed by atoms with Crippen LogP contribution in [0.15, 0.2) is 42.5 Å². The summed E-state index contributed by atoms with van der Waals surface area (Å²) >= 11 is 0. The normalized spacial score (nSPS) is 11.4. The standard InChI is InChI=1S/C20H24N2O4/c1-5-25-18-11-7-6-10-16(18)20(24)22-21-19(23)15(4)26-17-12-8-9-13(2)14(17)3/h6-12,15H,5H2,1-4H3,(H,21,23)(H,22,24). The summed E-state index contributed by atoms with van der Waals surface area (Å²) in [6, 6.07) is 12.5. The highest BCUT2D eigenvalue weighted by Crippen LogP contribution is 2.21. The van der Waals surface area contributed by atoms with Gasteiger partial charge in [-0.2, -0.15) is 0 Å². The van der Waals surface area contributed by atoms with E-state index in [0.717, 1.165) is 11.1 Å². The van der Waals surface area contributed by atoms with Gasteiger partial charge < -0.3 is 9.47 Å². The summed E-state index contributed by atoms with van der Waals surface area (Å²) in [4.78, 5) is 24.5. The minimum Gasteiger partial charge on any atom is -0.493 e. The molecule has 6 heteroatoms. The molecule has 138 valence electrons. The van der Waals surface area contributed by atoms with E-state index in [-0.39, 0.29) is 0 Å². The minimum absolute atomic E-state index is 0.345. The first kappa shape index (κ1) is 19.3. The van der Waals surface area contributed by atoms with E-state index in [4.69, 9.17) is 9.47 Å². The van der Waals surface area contributed by atoms with Crippen molar-refractivity contribution in [1.29, 1.82) is 0 Å². The number of carbonyl (C=O) groups is 2. The second kappa shape index (κ2) is 8.89. The number of ether oxygens (including phenoxy) is 2. The van der Waals surface area contributed by atoms with Crippen molar-refractivity contribution in [3.8, 4) is 11.5 Å². The van der Waals surface area contributed by atoms with Crippen LogP contribution in [-0.4, -0.2) is 24.5 Å². The van der Waals surface area contributed by atoms with E-state index in [2.05, 4.69) is 10.9 Å². The fraction of sp³-hybridized carbons (Fsp3) is 0.300. The number of carbonyl (C=O) groups excluding carboxylic acids is 2. The van der Waals surface area contributed by atoms with Crippen molar-refractivity contribution >= 4 is 11.8 Å². The van der Waals surface area contributed by atoms with Crippen LogP contribution >= 0.6 is 0 Å². The number of hydrazine groups is 1. The van der Waals surface area contributed by atoms with Gasteiger partial charge in [-0.3, -0.25) is 20.4 Å². The van der Waals surface area contributed by atoms with Gasteiger partial charge in [0.1, 0.15) is 11.5 Å². The molecule has 0 bridgehead atoms. The Morgan fingerprint density at radius 2 is 1.69 bits per heavy atom. The average molecular weight is 356 g/mol. The summed E-state index contributed by atoms with van der Waals surface area (Å²) in [5.74, 6) is 0.191. The van der Waals surface area contributed by atoms with Crippen LogP contribution in [0, 0.1) is 13.8 Å². The predicted molar refractivity (Wildman–Crippen MR) is 99.2 cm³/mol. The fourth-order valence-corrected chi connectivity index (χ4v) is 2.32. The van der Waals surface area contributed by atoms with Gasteiger partial charge in [-0.05, 0) is 57.0 Å². The first-order valence-corrected chi connectivity index (χ1v) is 8.49. The molecule has 0 saturated heterocycles. The molecule has 0 radical (unpaired) electrons. The lowest BCUT2D eigenvalue weighted by atomic mass is 10.1. The third-order valence-corrected chi connectivity index (χ3v) is 3.96. The number of benzene rings is 2. The number of rotatable bonds is 6. The summed E-state index contributed by atoms with van der Waals surface area (Å²) in [5, 5.41) is 0. The molecule has 0 aliphatic carbocycles. The SMILES string of the molecule is CCOc1ccccc1C(=O)NNC(=O)C(C)Oc1cccc(C)c1C. The minimum atomic E-state index is -0.766. The lowest BCUT2D eigenvalue weighted by molar-refractivity contribution is -0.128. The molecule has 2 N–H and O–H groups in total. The van der Waals surface area contributed by atoms with Crippen molar-refractivity contribution in [3.63, 3.8) is 0 Å². The lowest BCUT2D eigenvalue weighted by Crippen LogP contribution is -2.47. The van der Waals surface area contributed by atoms with Crippen LogP contribution in [-0.2, 0) is 4.79 Å². The third kappa shape index (κ3) is 4.75. The van der Waals surface area contributed by atoms with E-state index in [1.807, 2.05) is 39.0 Å². The monoisotopic (exact) mass is 356 g/mol. The first-order valence-electron chi connectivity index (χ1n) is 8.49. The zero-order valence-electron chi connectivity index (χ0n) is 15.5. The summed E-state index contributed by atoms with van der Waals surface area (Å²) < 4.78 is 11.1. The molecule has 26 heavy (non-hydrogen) atoms. The summed E-state index contributed by atoms with van der Waals surface area (Å²) in [6.45, 7) is 7.81. The maximum atomic E-state index is 12.3. The van der Waals surface area contributed by atoms with Crippen LogP contribution in [0.3, 0.4) is 0 Å². The second-order valence-corrected chi connectivity index (χ2v) is 5.83. The van der Waals surface area contributed by atoms with Gasteiger partial charge in [0, 0.05) is 0 Å². The highest BCUT2D eigenvalue weighted by Gasteiger charge is 2.18. The molecule has 0 aromatic heterocycles. The largest absolute Gasteiger partial charge is 0.493 e. The van der Waals surface area contributed by atoms with Crippen LogP contribution in [0.2, 0.25) is 0 Å². The number of hydrogen-bond donors (Lipinski definition) is 2.